The van der Waals surface area contributed by atoms with Gasteiger partial charge in [-0.25, -0.2) is 0 Å². The second kappa shape index (κ2) is 10.3. The van der Waals surface area contributed by atoms with Crippen LogP contribution in [0.1, 0.15) is 22.9 Å². The van der Waals surface area contributed by atoms with Gasteiger partial charge in [-0.1, -0.05) is 35.3 Å². The number of aromatic nitrogens is 1. The molecule has 0 unspecified atom stereocenters. The van der Waals surface area contributed by atoms with Gasteiger partial charge >= 0.3 is 0 Å². The lowest BCUT2D eigenvalue weighted by Gasteiger charge is -2.33. The maximum absolute atomic E-state index is 9.80. The molecule has 5 nitrogen and oxygen atoms in total. The Morgan fingerprint density at radius 2 is 1.64 bits per heavy atom. The topological polar surface area (TPSA) is 54.6 Å². The van der Waals surface area contributed by atoms with Crippen LogP contribution < -0.4 is 9.47 Å². The second-order valence-corrected chi connectivity index (χ2v) is 8.65. The van der Waals surface area contributed by atoms with Crippen LogP contribution in [0.25, 0.3) is 10.9 Å². The van der Waals surface area contributed by atoms with E-state index in [2.05, 4.69) is 45.9 Å². The first-order chi connectivity index (χ1) is 16.0. The summed E-state index contributed by atoms with van der Waals surface area (Å²) in [6.07, 6.45) is 1.04. The van der Waals surface area contributed by atoms with E-state index < -0.39 is 0 Å². The molecule has 5 rings (SSSR count). The normalized spacial score (nSPS) is 15.3. The highest BCUT2D eigenvalue weighted by molar-refractivity contribution is 6.31. The first kappa shape index (κ1) is 23.2. The Morgan fingerprint density at radius 3 is 2.30 bits per heavy atom. The van der Waals surface area contributed by atoms with E-state index in [9.17, 15) is 4.79 Å². The summed E-state index contributed by atoms with van der Waals surface area (Å²) < 4.78 is 9.80. The van der Waals surface area contributed by atoms with Crippen molar-refractivity contribution in [3.8, 4) is 11.5 Å². The van der Waals surface area contributed by atoms with Crippen molar-refractivity contribution in [3.05, 3.63) is 93.6 Å². The number of aromatic amines is 1. The van der Waals surface area contributed by atoms with Crippen molar-refractivity contribution in [2.75, 3.05) is 20.7 Å². The monoisotopic (exact) mass is 482 g/mol. The van der Waals surface area contributed by atoms with Gasteiger partial charge in [0.15, 0.2) is 0 Å². The second-order valence-electron chi connectivity index (χ2n) is 7.78. The fraction of sp³-hybridized carbons (Fsp3) is 0.192. The summed E-state index contributed by atoms with van der Waals surface area (Å²) in [5.74, 6) is 1.38. The molecule has 170 valence electrons. The summed E-state index contributed by atoms with van der Waals surface area (Å²) in [5.41, 5.74) is 5.10. The number of hydrogen-bond donors (Lipinski definition) is 1. The fourth-order valence-corrected chi connectivity index (χ4v) is 4.46. The molecule has 1 aliphatic rings. The van der Waals surface area contributed by atoms with Gasteiger partial charge in [0.1, 0.15) is 11.5 Å². The molecule has 0 aliphatic carbocycles. The summed E-state index contributed by atoms with van der Waals surface area (Å²) in [4.78, 5) is 15.8. The Bertz CT molecular complexity index is 1240. The first-order valence-corrected chi connectivity index (χ1v) is 11.3. The van der Waals surface area contributed by atoms with Gasteiger partial charge in [-0.15, -0.1) is 0 Å². The van der Waals surface area contributed by atoms with Gasteiger partial charge < -0.3 is 14.5 Å². The molecule has 1 aliphatic heterocycles. The molecular formula is C26H24Cl2N2O3. The molecule has 0 radical (unpaired) electrons. The van der Waals surface area contributed by atoms with E-state index in [0.717, 1.165) is 29.3 Å². The van der Waals surface area contributed by atoms with Crippen molar-refractivity contribution >= 4 is 40.6 Å². The highest BCUT2D eigenvalue weighted by Crippen LogP contribution is 2.38. The predicted octanol–water partition coefficient (Wildman–Crippen LogP) is 6.28. The van der Waals surface area contributed by atoms with Crippen molar-refractivity contribution in [3.63, 3.8) is 0 Å². The molecule has 1 aromatic heterocycles. The lowest BCUT2D eigenvalue weighted by molar-refractivity contribution is -0.120. The third kappa shape index (κ3) is 5.17. The molecule has 0 amide bonds. The molecule has 1 N–H and O–H groups in total. The number of H-pyrrole nitrogens is 1. The molecule has 0 saturated heterocycles. The van der Waals surface area contributed by atoms with Crippen LogP contribution in [-0.2, 0) is 11.2 Å². The average Bonchev–Trinajstić information content (AvgIpc) is 3.19. The SMILES string of the molecule is COc1ccc([C@H]2c3[nH]c4ccc(Cl)cc4c3CCN2C)cc1.O=COc1ccc(Cl)cc1. The number of halogens is 2. The minimum Gasteiger partial charge on any atom is -0.497 e. The van der Waals surface area contributed by atoms with Crippen LogP contribution in [0.3, 0.4) is 0 Å². The van der Waals surface area contributed by atoms with Crippen molar-refractivity contribution in [2.24, 2.45) is 0 Å². The zero-order valence-corrected chi connectivity index (χ0v) is 19.9. The number of methoxy groups -OCH3 is 1. The number of nitrogens with one attached hydrogen (secondary N) is 1. The molecule has 0 spiro atoms. The summed E-state index contributed by atoms with van der Waals surface area (Å²) in [6.45, 7) is 1.41. The quantitative estimate of drug-likeness (QED) is 0.347. The molecule has 7 heteroatoms. The lowest BCUT2D eigenvalue weighted by atomic mass is 9.93. The van der Waals surface area contributed by atoms with Gasteiger partial charge in [0.05, 0.1) is 13.2 Å². The van der Waals surface area contributed by atoms with Crippen molar-refractivity contribution < 1.29 is 14.3 Å². The van der Waals surface area contributed by atoms with Crippen LogP contribution >= 0.6 is 23.2 Å². The van der Waals surface area contributed by atoms with Crippen molar-refractivity contribution in [1.29, 1.82) is 0 Å². The minimum atomic E-state index is 0.232. The molecule has 0 saturated carbocycles. The van der Waals surface area contributed by atoms with Crippen LogP contribution in [0.15, 0.2) is 66.7 Å². The minimum absolute atomic E-state index is 0.232. The molecule has 2 heterocycles. The van der Waals surface area contributed by atoms with Crippen LogP contribution in [-0.4, -0.2) is 37.1 Å². The van der Waals surface area contributed by atoms with E-state index in [1.54, 1.807) is 31.4 Å². The number of fused-ring (bicyclic) bond motifs is 3. The Hall–Kier alpha value is -2.99. The van der Waals surface area contributed by atoms with Gasteiger partial charge in [0, 0.05) is 33.2 Å². The third-order valence-electron chi connectivity index (χ3n) is 5.76. The van der Waals surface area contributed by atoms with Crippen LogP contribution in [0.5, 0.6) is 11.5 Å². The van der Waals surface area contributed by atoms with Gasteiger partial charge in [-0.3, -0.25) is 9.69 Å². The van der Waals surface area contributed by atoms with Gasteiger partial charge in [-0.05, 0) is 79.2 Å². The lowest BCUT2D eigenvalue weighted by Crippen LogP contribution is -2.32. The molecule has 0 fully saturated rings. The number of carbonyl (C=O) groups excluding carboxylic acids is 1. The highest BCUT2D eigenvalue weighted by Gasteiger charge is 2.29. The maximum Gasteiger partial charge on any atom is 0.298 e. The van der Waals surface area contributed by atoms with Crippen LogP contribution in [0.2, 0.25) is 10.0 Å². The Labute approximate surface area is 202 Å². The van der Waals surface area contributed by atoms with Gasteiger partial charge in [0.2, 0.25) is 0 Å². The smallest absolute Gasteiger partial charge is 0.298 e. The predicted molar refractivity (Wildman–Crippen MR) is 133 cm³/mol. The number of nitrogens with zero attached hydrogens (tertiary/aromatic N) is 1. The van der Waals surface area contributed by atoms with E-state index in [1.165, 1.54) is 22.2 Å². The summed E-state index contributed by atoms with van der Waals surface area (Å²) in [5, 5.41) is 2.66. The summed E-state index contributed by atoms with van der Waals surface area (Å²) in [7, 11) is 3.87. The highest BCUT2D eigenvalue weighted by atomic mass is 35.5. The zero-order chi connectivity index (χ0) is 23.4. The number of carbonyl (C=O) groups is 1. The zero-order valence-electron chi connectivity index (χ0n) is 18.3. The fourth-order valence-electron chi connectivity index (χ4n) is 4.16. The number of benzene rings is 3. The molecule has 3 aromatic carbocycles. The van der Waals surface area contributed by atoms with E-state index in [0.29, 0.717) is 17.2 Å². The van der Waals surface area contributed by atoms with Gasteiger partial charge in [-0.2, -0.15) is 0 Å². The summed E-state index contributed by atoms with van der Waals surface area (Å²) in [6, 6.07) is 21.2. The van der Waals surface area contributed by atoms with Crippen molar-refractivity contribution in [2.45, 2.75) is 12.5 Å². The third-order valence-corrected chi connectivity index (χ3v) is 6.25. The molecular weight excluding hydrogens is 459 g/mol. The molecule has 1 atom stereocenters. The van der Waals surface area contributed by atoms with Crippen molar-refractivity contribution in [1.82, 2.24) is 9.88 Å². The standard InChI is InChI=1S/C19H19ClN2O.C7H5ClO2/c1-22-10-9-15-16-11-13(20)5-8-17(16)21-18(15)19(22)12-3-6-14(23-2)7-4-12;8-6-1-3-7(4-2-6)10-5-9/h3-8,11,19,21H,9-10H2,1-2H3;1-5H/t19-;/m0./s1. The Kier molecular flexibility index (Phi) is 7.23. The number of rotatable bonds is 4. The van der Waals surface area contributed by atoms with E-state index in [-0.39, 0.29) is 6.04 Å². The molecule has 33 heavy (non-hydrogen) atoms. The Balaban J connectivity index is 0.000000219. The average molecular weight is 483 g/mol. The first-order valence-electron chi connectivity index (χ1n) is 10.5. The van der Waals surface area contributed by atoms with Crippen LogP contribution in [0, 0.1) is 0 Å². The van der Waals surface area contributed by atoms with E-state index in [4.69, 9.17) is 27.9 Å². The molecule has 0 bridgehead atoms. The van der Waals surface area contributed by atoms with Crippen LogP contribution in [0.4, 0.5) is 0 Å². The van der Waals surface area contributed by atoms with Gasteiger partial charge in [0.25, 0.3) is 6.47 Å². The number of hydrogen-bond acceptors (Lipinski definition) is 4. The Morgan fingerprint density at radius 1 is 0.970 bits per heavy atom. The largest absolute Gasteiger partial charge is 0.497 e. The molecule has 4 aromatic rings. The van der Waals surface area contributed by atoms with E-state index in [1.807, 2.05) is 18.2 Å². The maximum atomic E-state index is 9.80. The number of likely N-dealkylation sites (N-methyl/N-ethyl adjacent to an activating group) is 1. The number of ether oxygens (including phenoxy) is 2. The van der Waals surface area contributed by atoms with E-state index >= 15 is 0 Å². The summed E-state index contributed by atoms with van der Waals surface area (Å²) >= 11 is 11.8.